The van der Waals surface area contributed by atoms with Crippen LogP contribution in [0.3, 0.4) is 0 Å². The Morgan fingerprint density at radius 1 is 1.04 bits per heavy atom. The Morgan fingerprint density at radius 2 is 1.74 bits per heavy atom. The predicted molar refractivity (Wildman–Crippen MR) is 105 cm³/mol. The van der Waals surface area contributed by atoms with E-state index in [4.69, 9.17) is 5.73 Å². The van der Waals surface area contributed by atoms with Gasteiger partial charge in [0.2, 0.25) is 11.8 Å². The van der Waals surface area contributed by atoms with Crippen LogP contribution in [-0.2, 0) is 9.59 Å². The zero-order chi connectivity index (χ0) is 19.6. The summed E-state index contributed by atoms with van der Waals surface area (Å²) in [6.45, 7) is 4.52. The quantitative estimate of drug-likeness (QED) is 0.725. The van der Waals surface area contributed by atoms with Crippen molar-refractivity contribution in [2.24, 2.45) is 11.7 Å². The van der Waals surface area contributed by atoms with Crippen LogP contribution in [0, 0.1) is 19.8 Å². The highest BCUT2D eigenvalue weighted by Gasteiger charge is 2.37. The van der Waals surface area contributed by atoms with Gasteiger partial charge in [-0.2, -0.15) is 0 Å². The molecule has 1 fully saturated rings. The summed E-state index contributed by atoms with van der Waals surface area (Å²) >= 11 is 0. The van der Waals surface area contributed by atoms with Gasteiger partial charge in [-0.25, -0.2) is 4.79 Å². The molecule has 0 saturated carbocycles. The first-order chi connectivity index (χ1) is 12.8. The third-order valence-corrected chi connectivity index (χ3v) is 4.72. The van der Waals surface area contributed by atoms with E-state index in [0.29, 0.717) is 24.3 Å². The van der Waals surface area contributed by atoms with Gasteiger partial charge in [0, 0.05) is 23.6 Å². The van der Waals surface area contributed by atoms with Gasteiger partial charge >= 0.3 is 6.03 Å². The van der Waals surface area contributed by atoms with Gasteiger partial charge in [0.15, 0.2) is 0 Å². The molecule has 1 atom stereocenters. The lowest BCUT2D eigenvalue weighted by molar-refractivity contribution is -0.129. The lowest BCUT2D eigenvalue weighted by Crippen LogP contribution is -2.33. The van der Waals surface area contributed by atoms with Crippen molar-refractivity contribution in [3.8, 4) is 0 Å². The van der Waals surface area contributed by atoms with Crippen molar-refractivity contribution in [3.05, 3.63) is 53.6 Å². The molecule has 0 spiro atoms. The summed E-state index contributed by atoms with van der Waals surface area (Å²) < 4.78 is 0. The molecule has 4 amide bonds. The maximum Gasteiger partial charge on any atom is 0.316 e. The van der Waals surface area contributed by atoms with Gasteiger partial charge in [-0.15, -0.1) is 0 Å². The van der Waals surface area contributed by atoms with Crippen LogP contribution in [0.1, 0.15) is 17.5 Å². The molecule has 0 radical (unpaired) electrons. The molecular formula is C20H22N4O3. The maximum absolute atomic E-state index is 12.7. The predicted octanol–water partition coefficient (Wildman–Crippen LogP) is 2.79. The summed E-state index contributed by atoms with van der Waals surface area (Å²) in [4.78, 5) is 37.9. The van der Waals surface area contributed by atoms with Crippen molar-refractivity contribution in [2.45, 2.75) is 20.3 Å². The molecule has 2 aromatic carbocycles. The molecule has 2 aromatic rings. The minimum atomic E-state index is -0.737. The van der Waals surface area contributed by atoms with Gasteiger partial charge in [0.1, 0.15) is 5.92 Å². The number of anilines is 3. The van der Waals surface area contributed by atoms with E-state index < -0.39 is 11.9 Å². The third kappa shape index (κ3) is 4.08. The molecule has 7 nitrogen and oxygen atoms in total. The zero-order valence-corrected chi connectivity index (χ0v) is 15.3. The summed E-state index contributed by atoms with van der Waals surface area (Å²) in [5.41, 5.74) is 9.12. The van der Waals surface area contributed by atoms with Crippen LogP contribution < -0.4 is 21.3 Å². The lowest BCUT2D eigenvalue weighted by Gasteiger charge is -2.18. The summed E-state index contributed by atoms with van der Waals surface area (Å²) in [5, 5.41) is 5.19. The monoisotopic (exact) mass is 366 g/mol. The van der Waals surface area contributed by atoms with Crippen molar-refractivity contribution < 1.29 is 14.4 Å². The molecule has 3 rings (SSSR count). The Balaban J connectivity index is 1.70. The van der Waals surface area contributed by atoms with E-state index in [0.717, 1.165) is 16.8 Å². The van der Waals surface area contributed by atoms with Crippen LogP contribution in [0.25, 0.3) is 0 Å². The number of hydrogen-bond acceptors (Lipinski definition) is 3. The van der Waals surface area contributed by atoms with Crippen LogP contribution in [0.4, 0.5) is 21.9 Å². The number of benzene rings is 2. The number of nitrogens with one attached hydrogen (secondary N) is 2. The van der Waals surface area contributed by atoms with Crippen molar-refractivity contribution >= 4 is 34.9 Å². The normalized spacial score (nSPS) is 16.3. The fourth-order valence-corrected chi connectivity index (χ4v) is 3.12. The molecular weight excluding hydrogens is 344 g/mol. The zero-order valence-electron chi connectivity index (χ0n) is 15.3. The first-order valence-electron chi connectivity index (χ1n) is 8.71. The number of primary amides is 1. The smallest absolute Gasteiger partial charge is 0.316 e. The van der Waals surface area contributed by atoms with Crippen LogP contribution in [0.2, 0.25) is 0 Å². The number of carbonyl (C=O) groups is 3. The first kappa shape index (κ1) is 18.4. The highest BCUT2D eigenvalue weighted by atomic mass is 16.2. The van der Waals surface area contributed by atoms with Gasteiger partial charge < -0.3 is 21.3 Å². The van der Waals surface area contributed by atoms with Crippen LogP contribution in [0.5, 0.6) is 0 Å². The second kappa shape index (κ2) is 7.49. The standard InChI is InChI=1S/C20H22N4O3/c1-12-6-7-16(10-13(12)2)24-9-8-17(19(24)26)18(25)22-14-4-3-5-15(11-14)23-20(21)27/h3-7,10-11,17H,8-9H2,1-2H3,(H,22,25)(H3,21,23,27)/t17-/m0/s1. The number of nitrogens with two attached hydrogens (primary N) is 1. The number of carbonyl (C=O) groups excluding carboxylic acids is 3. The second-order valence-corrected chi connectivity index (χ2v) is 6.66. The Hall–Kier alpha value is -3.35. The average molecular weight is 366 g/mol. The van der Waals surface area contributed by atoms with E-state index in [1.54, 1.807) is 29.2 Å². The van der Waals surface area contributed by atoms with Crippen molar-refractivity contribution in [3.63, 3.8) is 0 Å². The SMILES string of the molecule is Cc1ccc(N2CC[C@@H](C(=O)Nc3cccc(NC(N)=O)c3)C2=O)cc1C. The largest absolute Gasteiger partial charge is 0.351 e. The molecule has 0 aliphatic carbocycles. The Kier molecular flexibility index (Phi) is 5.12. The summed E-state index contributed by atoms with van der Waals surface area (Å²) in [6, 6.07) is 11.8. The lowest BCUT2D eigenvalue weighted by atomic mass is 10.1. The van der Waals surface area contributed by atoms with Crippen LogP contribution in [0.15, 0.2) is 42.5 Å². The van der Waals surface area contributed by atoms with Crippen LogP contribution >= 0.6 is 0 Å². The minimum absolute atomic E-state index is 0.206. The molecule has 0 bridgehead atoms. The van der Waals surface area contributed by atoms with Gasteiger partial charge in [0.05, 0.1) is 0 Å². The fraction of sp³-hybridized carbons (Fsp3) is 0.250. The van der Waals surface area contributed by atoms with Crippen molar-refractivity contribution in [1.29, 1.82) is 0 Å². The molecule has 140 valence electrons. The fourth-order valence-electron chi connectivity index (χ4n) is 3.12. The first-order valence-corrected chi connectivity index (χ1v) is 8.71. The van der Waals surface area contributed by atoms with E-state index in [9.17, 15) is 14.4 Å². The molecule has 1 aliphatic rings. The van der Waals surface area contributed by atoms with Gasteiger partial charge in [-0.1, -0.05) is 12.1 Å². The Bertz CT molecular complexity index is 910. The van der Waals surface area contributed by atoms with Gasteiger partial charge in [-0.05, 0) is 61.7 Å². The van der Waals surface area contributed by atoms with E-state index in [1.807, 2.05) is 32.0 Å². The van der Waals surface area contributed by atoms with Crippen molar-refractivity contribution in [2.75, 3.05) is 22.1 Å². The number of amides is 4. The molecule has 7 heteroatoms. The average Bonchev–Trinajstić information content (AvgIpc) is 2.99. The molecule has 27 heavy (non-hydrogen) atoms. The van der Waals surface area contributed by atoms with Crippen molar-refractivity contribution in [1.82, 2.24) is 0 Å². The summed E-state index contributed by atoms with van der Waals surface area (Å²) in [7, 11) is 0. The van der Waals surface area contributed by atoms with E-state index >= 15 is 0 Å². The number of aryl methyl sites for hydroxylation is 2. The van der Waals surface area contributed by atoms with Gasteiger partial charge in [0.25, 0.3) is 0 Å². The highest BCUT2D eigenvalue weighted by molar-refractivity contribution is 6.13. The summed E-state index contributed by atoms with van der Waals surface area (Å²) in [5.74, 6) is -1.30. The second-order valence-electron chi connectivity index (χ2n) is 6.66. The summed E-state index contributed by atoms with van der Waals surface area (Å²) in [6.07, 6.45) is 0.455. The Labute approximate surface area is 157 Å². The molecule has 0 unspecified atom stereocenters. The van der Waals surface area contributed by atoms with E-state index in [-0.39, 0.29) is 11.8 Å². The third-order valence-electron chi connectivity index (χ3n) is 4.72. The number of urea groups is 1. The number of hydrogen-bond donors (Lipinski definition) is 3. The topological polar surface area (TPSA) is 105 Å². The van der Waals surface area contributed by atoms with E-state index in [2.05, 4.69) is 10.6 Å². The Morgan fingerprint density at radius 3 is 2.41 bits per heavy atom. The highest BCUT2D eigenvalue weighted by Crippen LogP contribution is 2.28. The molecule has 0 aromatic heterocycles. The minimum Gasteiger partial charge on any atom is -0.351 e. The molecule has 1 saturated heterocycles. The maximum atomic E-state index is 12.7. The van der Waals surface area contributed by atoms with Gasteiger partial charge in [-0.3, -0.25) is 9.59 Å². The van der Waals surface area contributed by atoms with E-state index in [1.165, 1.54) is 0 Å². The molecule has 1 aliphatic heterocycles. The molecule has 4 N–H and O–H groups in total. The molecule has 1 heterocycles. The van der Waals surface area contributed by atoms with Crippen LogP contribution in [-0.4, -0.2) is 24.4 Å². The number of nitrogens with zero attached hydrogens (tertiary/aromatic N) is 1. The number of rotatable bonds is 4.